The molecule has 1 amide bonds. The Balaban J connectivity index is 1.35. The maximum Gasteiger partial charge on any atom is 0.292 e. The van der Waals surface area contributed by atoms with Gasteiger partial charge in [0.15, 0.2) is 0 Å². The summed E-state index contributed by atoms with van der Waals surface area (Å²) in [4.78, 5) is 28.2. The first kappa shape index (κ1) is 18.3. The van der Waals surface area contributed by atoms with Gasteiger partial charge in [-0.2, -0.15) is 0 Å². The van der Waals surface area contributed by atoms with Crippen LogP contribution < -0.4 is 4.90 Å². The number of rotatable bonds is 3. The van der Waals surface area contributed by atoms with Crippen molar-refractivity contribution in [2.45, 2.75) is 44.9 Å². The highest BCUT2D eigenvalue weighted by molar-refractivity contribution is 5.79. The molecule has 27 heavy (non-hydrogen) atoms. The highest BCUT2D eigenvalue weighted by Crippen LogP contribution is 2.37. The molecule has 0 radical (unpaired) electrons. The summed E-state index contributed by atoms with van der Waals surface area (Å²) in [5.74, 6) is 1.94. The lowest BCUT2D eigenvalue weighted by Crippen LogP contribution is -2.49. The molecule has 1 aromatic rings. The Morgan fingerprint density at radius 1 is 0.963 bits per heavy atom. The summed E-state index contributed by atoms with van der Waals surface area (Å²) < 4.78 is 0. The van der Waals surface area contributed by atoms with Gasteiger partial charge in [0, 0.05) is 38.2 Å². The minimum atomic E-state index is -0.319. The van der Waals surface area contributed by atoms with E-state index in [1.54, 1.807) is 12.1 Å². The predicted octanol–water partition coefficient (Wildman–Crippen LogP) is 3.85. The number of hydrogen-bond acceptors (Lipinski definition) is 4. The maximum atomic E-state index is 13.0. The van der Waals surface area contributed by atoms with Crippen molar-refractivity contribution >= 4 is 17.3 Å². The lowest BCUT2D eigenvalue weighted by Gasteiger charge is -2.43. The molecular formula is C21H29N3O3. The molecular weight excluding hydrogens is 342 g/mol. The van der Waals surface area contributed by atoms with E-state index in [4.69, 9.17) is 0 Å². The molecule has 0 N–H and O–H groups in total. The minimum Gasteiger partial charge on any atom is -0.366 e. The van der Waals surface area contributed by atoms with Crippen LogP contribution in [0.4, 0.5) is 11.4 Å². The van der Waals surface area contributed by atoms with Gasteiger partial charge in [-0.15, -0.1) is 0 Å². The average Bonchev–Trinajstić information content (AvgIpc) is 2.73. The molecule has 146 valence electrons. The quantitative estimate of drug-likeness (QED) is 0.598. The van der Waals surface area contributed by atoms with Crippen molar-refractivity contribution in [3.63, 3.8) is 0 Å². The van der Waals surface area contributed by atoms with Crippen molar-refractivity contribution in [2.75, 3.05) is 31.1 Å². The number of likely N-dealkylation sites (tertiary alicyclic amines) is 1. The van der Waals surface area contributed by atoms with Crippen molar-refractivity contribution in [3.05, 3.63) is 34.4 Å². The third kappa shape index (κ3) is 3.80. The fourth-order valence-electron chi connectivity index (χ4n) is 5.31. The Hall–Kier alpha value is -2.11. The lowest BCUT2D eigenvalue weighted by atomic mass is 9.75. The van der Waals surface area contributed by atoms with Gasteiger partial charge >= 0.3 is 0 Å². The molecule has 2 atom stereocenters. The van der Waals surface area contributed by atoms with Crippen LogP contribution in [0, 0.1) is 27.9 Å². The van der Waals surface area contributed by atoms with E-state index in [0.29, 0.717) is 30.6 Å². The summed E-state index contributed by atoms with van der Waals surface area (Å²) in [6.45, 7) is 3.29. The van der Waals surface area contributed by atoms with Crippen molar-refractivity contribution in [2.24, 2.45) is 17.8 Å². The molecule has 0 spiro atoms. The first-order chi connectivity index (χ1) is 13.1. The van der Waals surface area contributed by atoms with Gasteiger partial charge in [-0.3, -0.25) is 14.9 Å². The van der Waals surface area contributed by atoms with Crippen LogP contribution >= 0.6 is 0 Å². The van der Waals surface area contributed by atoms with Crippen molar-refractivity contribution in [3.8, 4) is 0 Å². The van der Waals surface area contributed by atoms with Gasteiger partial charge < -0.3 is 9.80 Å². The van der Waals surface area contributed by atoms with Crippen LogP contribution in [0.15, 0.2) is 24.3 Å². The molecule has 6 nitrogen and oxygen atoms in total. The smallest absolute Gasteiger partial charge is 0.292 e. The molecule has 2 saturated heterocycles. The van der Waals surface area contributed by atoms with E-state index in [1.807, 2.05) is 12.1 Å². The van der Waals surface area contributed by atoms with Gasteiger partial charge in [0.25, 0.3) is 5.69 Å². The highest BCUT2D eigenvalue weighted by Gasteiger charge is 2.36. The monoisotopic (exact) mass is 371 g/mol. The lowest BCUT2D eigenvalue weighted by molar-refractivity contribution is -0.384. The first-order valence-electron chi connectivity index (χ1n) is 10.4. The van der Waals surface area contributed by atoms with Crippen LogP contribution in [-0.2, 0) is 4.79 Å². The fourth-order valence-corrected chi connectivity index (χ4v) is 5.31. The molecule has 1 aliphatic carbocycles. The second-order valence-corrected chi connectivity index (χ2v) is 8.38. The summed E-state index contributed by atoms with van der Waals surface area (Å²) in [5.41, 5.74) is 0.832. The number of carbonyl (C=O) groups excluding carboxylic acids is 1. The molecule has 3 fully saturated rings. The zero-order valence-electron chi connectivity index (χ0n) is 15.9. The van der Waals surface area contributed by atoms with Crippen molar-refractivity contribution in [1.82, 2.24) is 4.90 Å². The van der Waals surface area contributed by atoms with E-state index in [0.717, 1.165) is 31.8 Å². The summed E-state index contributed by atoms with van der Waals surface area (Å²) in [6.07, 6.45) is 8.05. The van der Waals surface area contributed by atoms with Crippen LogP contribution in [0.25, 0.3) is 0 Å². The van der Waals surface area contributed by atoms with E-state index in [2.05, 4.69) is 9.80 Å². The zero-order valence-corrected chi connectivity index (χ0v) is 15.9. The van der Waals surface area contributed by atoms with E-state index >= 15 is 0 Å². The largest absolute Gasteiger partial charge is 0.366 e. The number of anilines is 1. The fraction of sp³-hybridized carbons (Fsp3) is 0.667. The van der Waals surface area contributed by atoms with Crippen molar-refractivity contribution in [1.29, 1.82) is 0 Å². The molecule has 2 aliphatic heterocycles. The van der Waals surface area contributed by atoms with Gasteiger partial charge in [0.05, 0.1) is 4.92 Å². The summed E-state index contributed by atoms with van der Waals surface area (Å²) in [7, 11) is 0. The summed E-state index contributed by atoms with van der Waals surface area (Å²) >= 11 is 0. The van der Waals surface area contributed by atoms with E-state index in [-0.39, 0.29) is 16.5 Å². The molecule has 1 aromatic carbocycles. The maximum absolute atomic E-state index is 13.0. The third-order valence-corrected chi connectivity index (χ3v) is 6.87. The second-order valence-electron chi connectivity index (χ2n) is 8.38. The van der Waals surface area contributed by atoms with Crippen molar-refractivity contribution < 1.29 is 9.72 Å². The molecule has 6 heteroatoms. The Labute approximate surface area is 160 Å². The molecule has 1 saturated carbocycles. The molecule has 0 unspecified atom stereocenters. The SMILES string of the molecule is O=C(C1CCN(c2ccccc2[N+](=O)[O-])CC1)N1CC[C@@H]2CCCC[C@@H]2C1. The number of benzene rings is 1. The Kier molecular flexibility index (Phi) is 5.32. The van der Waals surface area contributed by atoms with Crippen LogP contribution in [0.3, 0.4) is 0 Å². The second kappa shape index (κ2) is 7.87. The number of nitro groups is 1. The van der Waals surface area contributed by atoms with Crippen LogP contribution in [-0.4, -0.2) is 41.9 Å². The number of carbonyl (C=O) groups is 1. The van der Waals surface area contributed by atoms with Crippen LogP contribution in [0.1, 0.15) is 44.9 Å². The topological polar surface area (TPSA) is 66.7 Å². The number of hydrogen-bond donors (Lipinski definition) is 0. The highest BCUT2D eigenvalue weighted by atomic mass is 16.6. The third-order valence-electron chi connectivity index (χ3n) is 6.87. The van der Waals surface area contributed by atoms with Crippen LogP contribution in [0.2, 0.25) is 0 Å². The van der Waals surface area contributed by atoms with Gasteiger partial charge in [0.2, 0.25) is 5.91 Å². The molecule has 4 rings (SSSR count). The first-order valence-corrected chi connectivity index (χ1v) is 10.4. The number of nitro benzene ring substituents is 1. The summed E-state index contributed by atoms with van der Waals surface area (Å²) in [5, 5.41) is 11.3. The number of piperidine rings is 2. The zero-order chi connectivity index (χ0) is 18.8. The number of para-hydroxylation sites is 2. The molecule has 2 heterocycles. The van der Waals surface area contributed by atoms with E-state index in [1.165, 1.54) is 32.1 Å². The van der Waals surface area contributed by atoms with E-state index in [9.17, 15) is 14.9 Å². The number of fused-ring (bicyclic) bond motifs is 1. The summed E-state index contributed by atoms with van der Waals surface area (Å²) in [6, 6.07) is 6.91. The van der Waals surface area contributed by atoms with E-state index < -0.39 is 0 Å². The molecule has 0 aromatic heterocycles. The Morgan fingerprint density at radius 2 is 1.67 bits per heavy atom. The number of nitrogens with zero attached hydrogens (tertiary/aromatic N) is 3. The Morgan fingerprint density at radius 3 is 2.41 bits per heavy atom. The van der Waals surface area contributed by atoms with Gasteiger partial charge in [0.1, 0.15) is 5.69 Å². The Bertz CT molecular complexity index is 700. The van der Waals surface area contributed by atoms with Gasteiger partial charge in [-0.25, -0.2) is 0 Å². The predicted molar refractivity (Wildman–Crippen MR) is 105 cm³/mol. The van der Waals surface area contributed by atoms with Gasteiger partial charge in [-0.05, 0) is 43.6 Å². The number of amides is 1. The molecule has 0 bridgehead atoms. The normalized spacial score (nSPS) is 26.5. The average molecular weight is 371 g/mol. The standard InChI is InChI=1S/C21H29N3O3/c25-21(23-14-9-16-5-1-2-6-18(16)15-23)17-10-12-22(13-11-17)19-7-3-4-8-20(19)24(26)27/h3-4,7-8,16-18H,1-2,5-6,9-15H2/t16-,18+/m0/s1. The van der Waals surface area contributed by atoms with Gasteiger partial charge in [-0.1, -0.05) is 31.4 Å². The van der Waals surface area contributed by atoms with Crippen LogP contribution in [0.5, 0.6) is 0 Å². The minimum absolute atomic E-state index is 0.0733. The molecule has 3 aliphatic rings.